The van der Waals surface area contributed by atoms with Crippen LogP contribution in [0, 0.1) is 5.92 Å². The lowest BCUT2D eigenvalue weighted by atomic mass is 9.86. The molecule has 0 saturated carbocycles. The molecule has 3 atom stereocenters. The second-order valence-corrected chi connectivity index (χ2v) is 6.91. The van der Waals surface area contributed by atoms with Gasteiger partial charge >= 0.3 is 0 Å². The van der Waals surface area contributed by atoms with Gasteiger partial charge < -0.3 is 4.90 Å². The highest BCUT2D eigenvalue weighted by molar-refractivity contribution is 5.83. The van der Waals surface area contributed by atoms with Gasteiger partial charge in [-0.05, 0) is 52.1 Å². The minimum absolute atomic E-state index is 0.257. The van der Waals surface area contributed by atoms with Gasteiger partial charge in [0, 0.05) is 30.2 Å². The average Bonchev–Trinajstić information content (AvgIpc) is 2.99. The summed E-state index contributed by atoms with van der Waals surface area (Å²) < 4.78 is 1.99. The maximum absolute atomic E-state index is 12.6. The molecule has 2 fully saturated rings. The second kappa shape index (κ2) is 5.91. The Bertz CT molecular complexity index is 496. The van der Waals surface area contributed by atoms with Gasteiger partial charge in [-0.15, -0.1) is 0 Å². The number of carbonyl (C=O) groups is 1. The summed E-state index contributed by atoms with van der Waals surface area (Å²) in [5.74, 6) is 0.654. The van der Waals surface area contributed by atoms with E-state index in [0.29, 0.717) is 30.3 Å². The fourth-order valence-electron chi connectivity index (χ4n) is 3.90. The van der Waals surface area contributed by atoms with Crippen molar-refractivity contribution in [2.45, 2.75) is 70.5 Å². The van der Waals surface area contributed by atoms with Crippen LogP contribution >= 0.6 is 0 Å². The Morgan fingerprint density at radius 1 is 1.38 bits per heavy atom. The van der Waals surface area contributed by atoms with Crippen molar-refractivity contribution in [3.05, 3.63) is 18.0 Å². The van der Waals surface area contributed by atoms with Crippen molar-refractivity contribution < 1.29 is 4.79 Å². The molecule has 21 heavy (non-hydrogen) atoms. The Morgan fingerprint density at radius 3 is 2.67 bits per heavy atom. The molecule has 0 radical (unpaired) electrons. The molecule has 2 aliphatic heterocycles. The zero-order valence-electron chi connectivity index (χ0n) is 13.5. The highest BCUT2D eigenvalue weighted by atomic mass is 16.1. The van der Waals surface area contributed by atoms with Gasteiger partial charge in [-0.25, -0.2) is 0 Å². The summed E-state index contributed by atoms with van der Waals surface area (Å²) in [4.78, 5) is 15.1. The number of carbonyl (C=O) groups excluding carboxylic acids is 1. The Morgan fingerprint density at radius 2 is 2.05 bits per heavy atom. The van der Waals surface area contributed by atoms with Crippen molar-refractivity contribution in [1.82, 2.24) is 14.7 Å². The molecule has 116 valence electrons. The lowest BCUT2D eigenvalue weighted by Gasteiger charge is -2.35. The lowest BCUT2D eigenvalue weighted by Crippen LogP contribution is -2.42. The van der Waals surface area contributed by atoms with Gasteiger partial charge in [0.2, 0.25) is 0 Å². The van der Waals surface area contributed by atoms with Crippen LogP contribution in [0.5, 0.6) is 0 Å². The van der Waals surface area contributed by atoms with Crippen LogP contribution < -0.4 is 0 Å². The zero-order valence-corrected chi connectivity index (χ0v) is 13.5. The van der Waals surface area contributed by atoms with Crippen LogP contribution in [0.2, 0.25) is 0 Å². The predicted molar refractivity (Wildman–Crippen MR) is 83.2 cm³/mol. The van der Waals surface area contributed by atoms with Gasteiger partial charge in [0.25, 0.3) is 0 Å². The number of nitrogens with zero attached hydrogens (tertiary/aromatic N) is 3. The molecular formula is C17H27N3O. The first-order valence-electron chi connectivity index (χ1n) is 8.37. The number of Topliss-reactive ketones (excluding diaryl/α,β-unsaturated/α-hetero) is 1. The maximum Gasteiger partial charge on any atom is 0.142 e. The summed E-state index contributed by atoms with van der Waals surface area (Å²) in [6.07, 6.45) is 8.23. The van der Waals surface area contributed by atoms with E-state index in [0.717, 1.165) is 25.0 Å². The third kappa shape index (κ3) is 2.91. The normalized spacial score (nSPS) is 30.5. The molecule has 4 nitrogen and oxygen atoms in total. The van der Waals surface area contributed by atoms with E-state index >= 15 is 0 Å². The first-order valence-corrected chi connectivity index (χ1v) is 8.37. The van der Waals surface area contributed by atoms with E-state index in [1.54, 1.807) is 0 Å². The minimum atomic E-state index is 0.257. The van der Waals surface area contributed by atoms with Gasteiger partial charge in [-0.1, -0.05) is 6.92 Å². The summed E-state index contributed by atoms with van der Waals surface area (Å²) in [5.41, 5.74) is 0.937. The molecule has 1 aromatic heterocycles. The number of piperidine rings is 1. The molecule has 3 unspecified atom stereocenters. The van der Waals surface area contributed by atoms with Crippen molar-refractivity contribution in [2.24, 2.45) is 5.92 Å². The first kappa shape index (κ1) is 14.8. The molecule has 3 rings (SSSR count). The van der Waals surface area contributed by atoms with Gasteiger partial charge in [-0.2, -0.15) is 5.10 Å². The molecule has 1 aromatic rings. The van der Waals surface area contributed by atoms with E-state index in [4.69, 9.17) is 0 Å². The Labute approximate surface area is 127 Å². The van der Waals surface area contributed by atoms with E-state index < -0.39 is 0 Å². The van der Waals surface area contributed by atoms with Gasteiger partial charge in [-0.3, -0.25) is 9.48 Å². The fourth-order valence-corrected chi connectivity index (χ4v) is 3.90. The zero-order chi connectivity index (χ0) is 15.0. The number of hydrogen-bond donors (Lipinski definition) is 0. The standard InChI is InChI=1S/C17H27N3O/c1-4-12(2)20-8-7-14(18-20)11-17(21)13-9-15-5-6-16(10-13)19(15)3/h7-8,12-13,15-16H,4-6,9-11H2,1-3H3. The summed E-state index contributed by atoms with van der Waals surface area (Å²) in [6, 6.07) is 3.69. The lowest BCUT2D eigenvalue weighted by molar-refractivity contribution is -0.124. The van der Waals surface area contributed by atoms with E-state index in [2.05, 4.69) is 30.9 Å². The molecule has 2 aliphatic rings. The van der Waals surface area contributed by atoms with E-state index in [1.165, 1.54) is 12.8 Å². The van der Waals surface area contributed by atoms with Crippen molar-refractivity contribution in [3.63, 3.8) is 0 Å². The number of fused-ring (bicyclic) bond motifs is 2. The minimum Gasteiger partial charge on any atom is -0.300 e. The highest BCUT2D eigenvalue weighted by Crippen LogP contribution is 2.38. The van der Waals surface area contributed by atoms with Crippen LogP contribution in [0.25, 0.3) is 0 Å². The molecule has 0 spiro atoms. The third-order valence-corrected chi connectivity index (χ3v) is 5.61. The molecule has 4 heteroatoms. The van der Waals surface area contributed by atoms with Crippen LogP contribution in [0.15, 0.2) is 12.3 Å². The van der Waals surface area contributed by atoms with Crippen LogP contribution in [-0.2, 0) is 11.2 Å². The second-order valence-electron chi connectivity index (χ2n) is 6.91. The largest absolute Gasteiger partial charge is 0.300 e. The first-order chi connectivity index (χ1) is 10.1. The van der Waals surface area contributed by atoms with Gasteiger partial charge in [0.05, 0.1) is 12.1 Å². The van der Waals surface area contributed by atoms with Crippen LogP contribution in [0.3, 0.4) is 0 Å². The molecule has 0 aliphatic carbocycles. The van der Waals surface area contributed by atoms with E-state index in [-0.39, 0.29) is 5.92 Å². The third-order valence-electron chi connectivity index (χ3n) is 5.61. The van der Waals surface area contributed by atoms with Crippen LogP contribution in [0.1, 0.15) is 57.7 Å². The monoisotopic (exact) mass is 289 g/mol. The van der Waals surface area contributed by atoms with Crippen molar-refractivity contribution >= 4 is 5.78 Å². The van der Waals surface area contributed by atoms with Crippen molar-refractivity contribution in [1.29, 1.82) is 0 Å². The Balaban J connectivity index is 1.60. The number of hydrogen-bond acceptors (Lipinski definition) is 3. The van der Waals surface area contributed by atoms with Crippen molar-refractivity contribution in [3.8, 4) is 0 Å². The topological polar surface area (TPSA) is 38.1 Å². The van der Waals surface area contributed by atoms with Crippen LogP contribution in [-0.4, -0.2) is 39.6 Å². The SMILES string of the molecule is CCC(C)n1ccc(CC(=O)C2CC3CCC(C2)N3C)n1. The molecule has 3 heterocycles. The van der Waals surface area contributed by atoms with Gasteiger partial charge in [0.15, 0.2) is 0 Å². The number of ketones is 1. The number of rotatable bonds is 5. The number of aromatic nitrogens is 2. The Hall–Kier alpha value is -1.16. The summed E-state index contributed by atoms with van der Waals surface area (Å²) in [5, 5.41) is 4.57. The quantitative estimate of drug-likeness (QED) is 0.836. The van der Waals surface area contributed by atoms with E-state index in [1.807, 2.05) is 16.9 Å². The maximum atomic E-state index is 12.6. The smallest absolute Gasteiger partial charge is 0.142 e. The summed E-state index contributed by atoms with van der Waals surface area (Å²) in [7, 11) is 2.22. The molecule has 0 aromatic carbocycles. The Kier molecular flexibility index (Phi) is 4.16. The molecule has 2 saturated heterocycles. The molecule has 0 N–H and O–H groups in total. The fraction of sp³-hybridized carbons (Fsp3) is 0.765. The predicted octanol–water partition coefficient (Wildman–Crippen LogP) is 2.84. The van der Waals surface area contributed by atoms with Gasteiger partial charge in [0.1, 0.15) is 5.78 Å². The van der Waals surface area contributed by atoms with E-state index in [9.17, 15) is 4.79 Å². The summed E-state index contributed by atoms with van der Waals surface area (Å²) >= 11 is 0. The summed E-state index contributed by atoms with van der Waals surface area (Å²) in [6.45, 7) is 4.32. The highest BCUT2D eigenvalue weighted by Gasteiger charge is 2.40. The molecule has 2 bridgehead atoms. The molecule has 0 amide bonds. The van der Waals surface area contributed by atoms with Crippen LogP contribution in [0.4, 0.5) is 0 Å². The average molecular weight is 289 g/mol. The molecular weight excluding hydrogens is 262 g/mol. The van der Waals surface area contributed by atoms with Crippen molar-refractivity contribution in [2.75, 3.05) is 7.05 Å².